The summed E-state index contributed by atoms with van der Waals surface area (Å²) in [5.41, 5.74) is 4.43. The molecular formula is C21H17N3O5. The van der Waals surface area contributed by atoms with Crippen LogP contribution in [-0.2, 0) is 22.4 Å². The molecule has 146 valence electrons. The van der Waals surface area contributed by atoms with Gasteiger partial charge in [0.2, 0.25) is 12.7 Å². The van der Waals surface area contributed by atoms with Crippen LogP contribution in [0.3, 0.4) is 0 Å². The minimum absolute atomic E-state index is 0.0481. The van der Waals surface area contributed by atoms with E-state index in [4.69, 9.17) is 9.47 Å². The number of fused-ring (bicyclic) bond motifs is 2. The van der Waals surface area contributed by atoms with Gasteiger partial charge < -0.3 is 14.8 Å². The van der Waals surface area contributed by atoms with E-state index in [1.54, 1.807) is 0 Å². The average Bonchev–Trinajstić information content (AvgIpc) is 3.38. The molecule has 3 aliphatic rings. The molecule has 1 aliphatic carbocycles. The van der Waals surface area contributed by atoms with E-state index in [-0.39, 0.29) is 30.9 Å². The number of hydrogen-bond acceptors (Lipinski definition) is 5. The van der Waals surface area contributed by atoms with E-state index < -0.39 is 11.9 Å². The highest BCUT2D eigenvalue weighted by atomic mass is 16.7. The molecule has 0 fully saturated rings. The van der Waals surface area contributed by atoms with Crippen molar-refractivity contribution < 1.29 is 23.9 Å². The van der Waals surface area contributed by atoms with Crippen LogP contribution in [0.25, 0.3) is 11.1 Å². The number of hydrogen-bond donors (Lipinski definition) is 2. The predicted molar refractivity (Wildman–Crippen MR) is 103 cm³/mol. The highest BCUT2D eigenvalue weighted by Crippen LogP contribution is 2.37. The summed E-state index contributed by atoms with van der Waals surface area (Å²) < 4.78 is 10.8. The second kappa shape index (κ2) is 6.73. The van der Waals surface area contributed by atoms with Crippen LogP contribution in [-0.4, -0.2) is 36.4 Å². The molecule has 0 spiro atoms. The Morgan fingerprint density at radius 2 is 1.79 bits per heavy atom. The molecule has 29 heavy (non-hydrogen) atoms. The molecular weight excluding hydrogens is 374 g/mol. The molecule has 0 bridgehead atoms. The van der Waals surface area contributed by atoms with Gasteiger partial charge in [0, 0.05) is 6.04 Å². The molecule has 0 radical (unpaired) electrons. The lowest BCUT2D eigenvalue weighted by molar-refractivity contribution is -0.121. The molecule has 2 aliphatic heterocycles. The topological polar surface area (TPSA) is 106 Å². The average molecular weight is 391 g/mol. The number of nitrogens with one attached hydrogen (secondary N) is 2. The van der Waals surface area contributed by atoms with Crippen LogP contribution in [0.4, 0.5) is 4.79 Å². The van der Waals surface area contributed by atoms with Crippen molar-refractivity contribution in [3.05, 3.63) is 47.5 Å². The maximum atomic E-state index is 12.2. The summed E-state index contributed by atoms with van der Waals surface area (Å²) in [5, 5.41) is 4.97. The fourth-order valence-corrected chi connectivity index (χ4v) is 3.90. The summed E-state index contributed by atoms with van der Waals surface area (Å²) in [6.07, 6.45) is 1.23. The van der Waals surface area contributed by atoms with Crippen molar-refractivity contribution in [3.8, 4) is 22.6 Å². The predicted octanol–water partition coefficient (Wildman–Crippen LogP) is 1.75. The number of rotatable bonds is 4. The SMILES string of the molecule is O=C(CC1=NC(=O)NC1=O)NC1Cc2ccc(-c3ccc4c(c3)OCO4)cc2C1. The third-order valence-electron chi connectivity index (χ3n) is 5.26. The second-order valence-corrected chi connectivity index (χ2v) is 7.22. The standard InChI is InChI=1S/C21H17N3O5/c25-19(9-16-20(26)24-21(27)23-16)22-15-6-12-2-1-11(5-14(12)7-15)13-3-4-17-18(8-13)29-10-28-17/h1-5,8,15H,6-7,9-10H2,(H,22,25)(H,24,26,27). The number of ether oxygens (including phenoxy) is 2. The summed E-state index contributed by atoms with van der Waals surface area (Å²) in [6, 6.07) is 11.4. The number of amides is 4. The van der Waals surface area contributed by atoms with Crippen LogP contribution < -0.4 is 20.1 Å². The minimum atomic E-state index is -0.720. The molecule has 1 unspecified atom stereocenters. The lowest BCUT2D eigenvalue weighted by atomic mass is 10.0. The maximum absolute atomic E-state index is 12.2. The van der Waals surface area contributed by atoms with Crippen molar-refractivity contribution in [2.45, 2.75) is 25.3 Å². The van der Waals surface area contributed by atoms with E-state index in [1.165, 1.54) is 11.1 Å². The summed E-state index contributed by atoms with van der Waals surface area (Å²) in [4.78, 5) is 38.4. The van der Waals surface area contributed by atoms with Gasteiger partial charge in [0.05, 0.1) is 6.42 Å². The third-order valence-corrected chi connectivity index (χ3v) is 5.26. The first-order valence-electron chi connectivity index (χ1n) is 9.29. The molecule has 2 aromatic rings. The Hall–Kier alpha value is -3.68. The Bertz CT molecular complexity index is 1090. The van der Waals surface area contributed by atoms with Crippen molar-refractivity contribution in [2.75, 3.05) is 6.79 Å². The van der Waals surface area contributed by atoms with E-state index in [1.807, 2.05) is 23.5 Å². The van der Waals surface area contributed by atoms with E-state index in [0.29, 0.717) is 6.42 Å². The number of carbonyl (C=O) groups is 3. The monoisotopic (exact) mass is 391 g/mol. The number of urea groups is 1. The second-order valence-electron chi connectivity index (χ2n) is 7.22. The van der Waals surface area contributed by atoms with Crippen LogP contribution in [0.15, 0.2) is 41.4 Å². The van der Waals surface area contributed by atoms with E-state index in [0.717, 1.165) is 29.0 Å². The van der Waals surface area contributed by atoms with Crippen molar-refractivity contribution in [2.24, 2.45) is 4.99 Å². The van der Waals surface area contributed by atoms with Gasteiger partial charge in [-0.2, -0.15) is 4.99 Å². The van der Waals surface area contributed by atoms with Crippen LogP contribution in [0, 0.1) is 0 Å². The molecule has 1 atom stereocenters. The normalized spacial score (nSPS) is 19.0. The van der Waals surface area contributed by atoms with Gasteiger partial charge in [-0.15, -0.1) is 0 Å². The molecule has 0 saturated heterocycles. The molecule has 8 nitrogen and oxygen atoms in total. The summed E-state index contributed by atoms with van der Waals surface area (Å²) in [6.45, 7) is 0.243. The van der Waals surface area contributed by atoms with Gasteiger partial charge in [-0.05, 0) is 47.2 Å². The van der Waals surface area contributed by atoms with Crippen LogP contribution in [0.2, 0.25) is 0 Å². The molecule has 2 aromatic carbocycles. The van der Waals surface area contributed by atoms with Crippen LogP contribution in [0.5, 0.6) is 11.5 Å². The molecule has 8 heteroatoms. The summed E-state index contributed by atoms with van der Waals surface area (Å²) in [5.74, 6) is 0.570. The fraction of sp³-hybridized carbons (Fsp3) is 0.238. The smallest absolute Gasteiger partial charge is 0.348 e. The van der Waals surface area contributed by atoms with Gasteiger partial charge in [0.1, 0.15) is 5.71 Å². The Balaban J connectivity index is 1.26. The van der Waals surface area contributed by atoms with E-state index >= 15 is 0 Å². The van der Waals surface area contributed by atoms with E-state index in [2.05, 4.69) is 28.5 Å². The highest BCUT2D eigenvalue weighted by Gasteiger charge is 2.28. The van der Waals surface area contributed by atoms with Crippen LogP contribution in [0.1, 0.15) is 17.5 Å². The van der Waals surface area contributed by atoms with Gasteiger partial charge in [0.15, 0.2) is 11.5 Å². The minimum Gasteiger partial charge on any atom is -0.454 e. The summed E-state index contributed by atoms with van der Waals surface area (Å²) >= 11 is 0. The molecule has 0 saturated carbocycles. The number of benzene rings is 2. The highest BCUT2D eigenvalue weighted by molar-refractivity contribution is 6.48. The number of aliphatic imine (C=N–C) groups is 1. The molecule has 5 rings (SSSR count). The Morgan fingerprint density at radius 1 is 1.03 bits per heavy atom. The molecule has 2 N–H and O–H groups in total. The first-order valence-corrected chi connectivity index (χ1v) is 9.29. The van der Waals surface area contributed by atoms with Gasteiger partial charge in [-0.3, -0.25) is 14.9 Å². The molecule has 2 heterocycles. The number of imide groups is 1. The number of carbonyl (C=O) groups excluding carboxylic acids is 3. The lowest BCUT2D eigenvalue weighted by Gasteiger charge is -2.11. The van der Waals surface area contributed by atoms with Crippen molar-refractivity contribution in [1.82, 2.24) is 10.6 Å². The largest absolute Gasteiger partial charge is 0.454 e. The zero-order valence-electron chi connectivity index (χ0n) is 15.4. The van der Waals surface area contributed by atoms with Gasteiger partial charge in [-0.25, -0.2) is 4.79 Å². The van der Waals surface area contributed by atoms with Crippen molar-refractivity contribution in [1.29, 1.82) is 0 Å². The molecule has 4 amide bonds. The molecule has 0 aromatic heterocycles. The van der Waals surface area contributed by atoms with Crippen molar-refractivity contribution >= 4 is 23.6 Å². The Kier molecular flexibility index (Phi) is 4.04. The zero-order chi connectivity index (χ0) is 20.0. The quantitative estimate of drug-likeness (QED) is 0.826. The summed E-state index contributed by atoms with van der Waals surface area (Å²) in [7, 11) is 0. The van der Waals surface area contributed by atoms with Gasteiger partial charge in [-0.1, -0.05) is 24.3 Å². The Morgan fingerprint density at radius 3 is 2.62 bits per heavy atom. The number of nitrogens with zero attached hydrogens (tertiary/aromatic N) is 1. The van der Waals surface area contributed by atoms with E-state index in [9.17, 15) is 14.4 Å². The van der Waals surface area contributed by atoms with Gasteiger partial charge in [0.25, 0.3) is 5.91 Å². The van der Waals surface area contributed by atoms with Gasteiger partial charge >= 0.3 is 6.03 Å². The fourth-order valence-electron chi connectivity index (χ4n) is 3.90. The first-order chi connectivity index (χ1) is 14.0. The first kappa shape index (κ1) is 17.4. The zero-order valence-corrected chi connectivity index (χ0v) is 15.4. The van der Waals surface area contributed by atoms with Crippen LogP contribution >= 0.6 is 0 Å². The maximum Gasteiger partial charge on any atom is 0.348 e. The van der Waals surface area contributed by atoms with Crippen molar-refractivity contribution in [3.63, 3.8) is 0 Å². The lowest BCUT2D eigenvalue weighted by Crippen LogP contribution is -2.37. The Labute approximate surface area is 165 Å². The third kappa shape index (κ3) is 3.33.